The second kappa shape index (κ2) is 10.4. The second-order valence-electron chi connectivity index (χ2n) is 4.32. The van der Waals surface area contributed by atoms with Gasteiger partial charge in [-0.2, -0.15) is 9.97 Å². The van der Waals surface area contributed by atoms with E-state index in [9.17, 15) is 0 Å². The minimum absolute atomic E-state index is 0.297. The van der Waals surface area contributed by atoms with Crippen molar-refractivity contribution in [1.29, 1.82) is 0 Å². The molecule has 1 aromatic heterocycles. The minimum Gasteiger partial charge on any atom is -0.467 e. The van der Waals surface area contributed by atoms with Gasteiger partial charge in [0.1, 0.15) is 0 Å². The highest BCUT2D eigenvalue weighted by molar-refractivity contribution is 14.1. The lowest BCUT2D eigenvalue weighted by Gasteiger charge is -2.09. The molecule has 0 aliphatic heterocycles. The van der Waals surface area contributed by atoms with Crippen LogP contribution < -0.4 is 9.47 Å². The van der Waals surface area contributed by atoms with Gasteiger partial charge >= 0.3 is 12.0 Å². The summed E-state index contributed by atoms with van der Waals surface area (Å²) in [6.07, 6.45) is 7.66. The highest BCUT2D eigenvalue weighted by Gasteiger charge is 2.12. The number of thioether (sulfide) groups is 1. The highest BCUT2D eigenvalue weighted by Crippen LogP contribution is 2.30. The van der Waals surface area contributed by atoms with Gasteiger partial charge in [-0.15, -0.1) is 4.98 Å². The second-order valence-corrected chi connectivity index (χ2v) is 7.84. The van der Waals surface area contributed by atoms with E-state index in [1.165, 1.54) is 32.1 Å². The molecule has 1 unspecified atom stereocenters. The number of hydrogen-bond donors (Lipinski definition) is 0. The monoisotopic (exact) mass is 411 g/mol. The van der Waals surface area contributed by atoms with E-state index in [1.807, 2.05) is 0 Å². The van der Waals surface area contributed by atoms with Crippen LogP contribution in [0.3, 0.4) is 0 Å². The van der Waals surface area contributed by atoms with E-state index in [2.05, 4.69) is 44.5 Å². The van der Waals surface area contributed by atoms with Gasteiger partial charge < -0.3 is 9.47 Å². The van der Waals surface area contributed by atoms with Gasteiger partial charge in [-0.25, -0.2) is 0 Å². The van der Waals surface area contributed by atoms with Crippen LogP contribution in [0.1, 0.15) is 45.4 Å². The molecule has 5 nitrogen and oxygen atoms in total. The summed E-state index contributed by atoms with van der Waals surface area (Å²) in [4.78, 5) is 12.5. The Morgan fingerprint density at radius 3 is 2.15 bits per heavy atom. The third-order valence-corrected chi connectivity index (χ3v) is 4.98. The SMILES string of the molecule is CCCCCCCC(I)Sc1nc(OC)nc(OC)n1. The van der Waals surface area contributed by atoms with Gasteiger partial charge in [-0.1, -0.05) is 73.4 Å². The van der Waals surface area contributed by atoms with Crippen molar-refractivity contribution >= 4 is 34.4 Å². The van der Waals surface area contributed by atoms with Crippen LogP contribution in [-0.2, 0) is 0 Å². The summed E-state index contributed by atoms with van der Waals surface area (Å²) in [6, 6.07) is 0.594. The van der Waals surface area contributed by atoms with Crippen molar-refractivity contribution in [2.45, 2.75) is 53.9 Å². The van der Waals surface area contributed by atoms with Crippen molar-refractivity contribution in [3.8, 4) is 12.0 Å². The Kier molecular flexibility index (Phi) is 9.24. The molecule has 0 aliphatic rings. The maximum atomic E-state index is 5.05. The van der Waals surface area contributed by atoms with Crippen molar-refractivity contribution in [2.75, 3.05) is 14.2 Å². The number of halogens is 1. The summed E-state index contributed by atoms with van der Waals surface area (Å²) in [6.45, 7) is 2.23. The number of hydrogen-bond acceptors (Lipinski definition) is 6. The number of aromatic nitrogens is 3. The Balaban J connectivity index is 2.42. The molecular weight excluding hydrogens is 389 g/mol. The molecule has 114 valence electrons. The molecule has 0 saturated carbocycles. The van der Waals surface area contributed by atoms with E-state index < -0.39 is 0 Å². The van der Waals surface area contributed by atoms with Crippen molar-refractivity contribution in [2.24, 2.45) is 0 Å². The molecule has 0 aliphatic carbocycles. The van der Waals surface area contributed by atoms with Crippen LogP contribution in [0, 0.1) is 0 Å². The van der Waals surface area contributed by atoms with Gasteiger partial charge in [0.2, 0.25) is 0 Å². The summed E-state index contributed by atoms with van der Waals surface area (Å²) in [5.74, 6) is 0. The van der Waals surface area contributed by atoms with Gasteiger partial charge in [0, 0.05) is 0 Å². The molecule has 0 amide bonds. The van der Waals surface area contributed by atoms with E-state index in [0.717, 1.165) is 6.42 Å². The third kappa shape index (κ3) is 6.92. The van der Waals surface area contributed by atoms with Crippen LogP contribution >= 0.6 is 34.4 Å². The smallest absolute Gasteiger partial charge is 0.323 e. The first-order valence-corrected chi connectivity index (χ1v) is 8.97. The largest absolute Gasteiger partial charge is 0.467 e. The van der Waals surface area contributed by atoms with Crippen LogP contribution in [0.15, 0.2) is 5.16 Å². The van der Waals surface area contributed by atoms with Gasteiger partial charge in [-0.3, -0.25) is 0 Å². The number of rotatable bonds is 10. The lowest BCUT2D eigenvalue weighted by atomic mass is 10.1. The molecule has 0 radical (unpaired) electrons. The molecule has 0 spiro atoms. The Bertz CT molecular complexity index is 374. The first kappa shape index (κ1) is 17.7. The fourth-order valence-electron chi connectivity index (χ4n) is 1.64. The van der Waals surface area contributed by atoms with Gasteiger partial charge in [0.05, 0.1) is 17.5 Å². The molecule has 0 N–H and O–H groups in total. The zero-order chi connectivity index (χ0) is 14.8. The van der Waals surface area contributed by atoms with E-state index in [0.29, 0.717) is 20.4 Å². The predicted molar refractivity (Wildman–Crippen MR) is 90.0 cm³/mol. The minimum atomic E-state index is 0.297. The molecule has 7 heteroatoms. The normalized spacial score (nSPS) is 12.2. The first-order chi connectivity index (χ1) is 9.69. The topological polar surface area (TPSA) is 57.1 Å². The van der Waals surface area contributed by atoms with Crippen LogP contribution in [-0.4, -0.2) is 32.4 Å². The number of unbranched alkanes of at least 4 members (excludes halogenated alkanes) is 4. The highest BCUT2D eigenvalue weighted by atomic mass is 127. The lowest BCUT2D eigenvalue weighted by molar-refractivity contribution is 0.332. The van der Waals surface area contributed by atoms with E-state index >= 15 is 0 Å². The van der Waals surface area contributed by atoms with Crippen LogP contribution in [0.25, 0.3) is 0 Å². The fourth-order valence-corrected chi connectivity index (χ4v) is 3.53. The average molecular weight is 411 g/mol. The molecule has 1 aromatic rings. The van der Waals surface area contributed by atoms with E-state index in [1.54, 1.807) is 26.0 Å². The van der Waals surface area contributed by atoms with Crippen molar-refractivity contribution < 1.29 is 9.47 Å². The maximum absolute atomic E-state index is 5.05. The molecule has 0 bridgehead atoms. The van der Waals surface area contributed by atoms with Gasteiger partial charge in [-0.05, 0) is 6.42 Å². The van der Waals surface area contributed by atoms with Crippen LogP contribution in [0.2, 0.25) is 0 Å². The number of methoxy groups -OCH3 is 2. The van der Waals surface area contributed by atoms with Crippen molar-refractivity contribution in [3.05, 3.63) is 0 Å². The molecule has 0 aromatic carbocycles. The molecule has 0 fully saturated rings. The molecule has 1 rings (SSSR count). The summed E-state index contributed by atoms with van der Waals surface area (Å²) >= 11 is 4.07. The molecular formula is C13H22IN3O2S. The average Bonchev–Trinajstić information content (AvgIpc) is 2.46. The summed E-state index contributed by atoms with van der Waals surface area (Å²) in [5.41, 5.74) is 0. The Hall–Kier alpha value is -0.310. The lowest BCUT2D eigenvalue weighted by Crippen LogP contribution is -2.02. The molecule has 1 atom stereocenters. The van der Waals surface area contributed by atoms with Crippen molar-refractivity contribution in [1.82, 2.24) is 15.0 Å². The zero-order valence-electron chi connectivity index (χ0n) is 12.3. The van der Waals surface area contributed by atoms with Crippen LogP contribution in [0.5, 0.6) is 12.0 Å². The quantitative estimate of drug-likeness (QED) is 0.250. The fraction of sp³-hybridized carbons (Fsp3) is 0.769. The first-order valence-electron chi connectivity index (χ1n) is 6.84. The molecule has 20 heavy (non-hydrogen) atoms. The number of ether oxygens (including phenoxy) is 2. The van der Waals surface area contributed by atoms with Gasteiger partial charge in [0.25, 0.3) is 0 Å². The Labute approximate surface area is 138 Å². The number of nitrogens with zero attached hydrogens (tertiary/aromatic N) is 3. The van der Waals surface area contributed by atoms with Gasteiger partial charge in [0.15, 0.2) is 5.16 Å². The summed E-state index contributed by atoms with van der Waals surface area (Å²) in [5, 5.41) is 0.654. The third-order valence-electron chi connectivity index (χ3n) is 2.71. The number of alkyl halides is 1. The summed E-state index contributed by atoms with van der Waals surface area (Å²) < 4.78 is 10.5. The zero-order valence-corrected chi connectivity index (χ0v) is 15.2. The molecule has 1 heterocycles. The van der Waals surface area contributed by atoms with E-state index in [4.69, 9.17) is 9.47 Å². The summed E-state index contributed by atoms with van der Waals surface area (Å²) in [7, 11) is 3.08. The predicted octanol–water partition coefficient (Wildman–Crippen LogP) is 4.10. The van der Waals surface area contributed by atoms with Crippen molar-refractivity contribution in [3.63, 3.8) is 0 Å². The Morgan fingerprint density at radius 2 is 1.60 bits per heavy atom. The Morgan fingerprint density at radius 1 is 1.00 bits per heavy atom. The molecule has 0 saturated heterocycles. The van der Waals surface area contributed by atoms with Crippen LogP contribution in [0.4, 0.5) is 0 Å². The standard InChI is InChI=1S/C13H22IN3O2S/c1-4-5-6-7-8-9-10(14)20-13-16-11(18-2)15-12(17-13)19-3/h10H,4-9H2,1-3H3. The maximum Gasteiger partial charge on any atom is 0.323 e. The van der Waals surface area contributed by atoms with E-state index in [-0.39, 0.29) is 0 Å².